The molecule has 4 rings (SSSR count). The van der Waals surface area contributed by atoms with Crippen LogP contribution in [-0.4, -0.2) is 82.2 Å². The predicted octanol–water partition coefficient (Wildman–Crippen LogP) is 3.03. The molecule has 0 spiro atoms. The normalized spacial score (nSPS) is 18.0. The van der Waals surface area contributed by atoms with Gasteiger partial charge in [-0.2, -0.15) is 0 Å². The highest BCUT2D eigenvalue weighted by molar-refractivity contribution is 8.03. The number of hydrogen-bond acceptors (Lipinski definition) is 9. The van der Waals surface area contributed by atoms with Crippen molar-refractivity contribution in [3.8, 4) is 11.5 Å². The van der Waals surface area contributed by atoms with Gasteiger partial charge in [0.05, 0.1) is 5.75 Å². The summed E-state index contributed by atoms with van der Waals surface area (Å²) in [4.78, 5) is 29.0. The highest BCUT2D eigenvalue weighted by Crippen LogP contribution is 2.32. The SMILES string of the molecule is CCCCSc1nnc(SCC(=O)N2CCN(C(=O)C3COc4ccccc4O3)CC2)s1. The minimum atomic E-state index is -0.649. The summed E-state index contributed by atoms with van der Waals surface area (Å²) in [5.74, 6) is 2.59. The van der Waals surface area contributed by atoms with Crippen molar-refractivity contribution in [1.82, 2.24) is 20.0 Å². The fourth-order valence-corrected chi connectivity index (χ4v) is 6.43. The quantitative estimate of drug-likeness (QED) is 0.409. The predicted molar refractivity (Wildman–Crippen MR) is 126 cm³/mol. The van der Waals surface area contributed by atoms with Gasteiger partial charge in [-0.15, -0.1) is 10.2 Å². The molecule has 1 saturated heterocycles. The Kier molecular flexibility index (Phi) is 8.15. The van der Waals surface area contributed by atoms with Gasteiger partial charge in [-0.25, -0.2) is 0 Å². The summed E-state index contributed by atoms with van der Waals surface area (Å²) in [6, 6.07) is 7.35. The number of fused-ring (bicyclic) bond motifs is 1. The van der Waals surface area contributed by atoms with Crippen molar-refractivity contribution in [2.75, 3.05) is 44.3 Å². The molecule has 0 radical (unpaired) electrons. The number of amides is 2. The second kappa shape index (κ2) is 11.2. The van der Waals surface area contributed by atoms with Gasteiger partial charge in [-0.3, -0.25) is 9.59 Å². The van der Waals surface area contributed by atoms with Crippen LogP contribution >= 0.6 is 34.9 Å². The first-order valence-corrected chi connectivity index (χ1v) is 13.5. The molecule has 0 bridgehead atoms. The molecule has 2 amide bonds. The summed E-state index contributed by atoms with van der Waals surface area (Å²) in [7, 11) is 0. The van der Waals surface area contributed by atoms with Crippen LogP contribution in [0.3, 0.4) is 0 Å². The van der Waals surface area contributed by atoms with Crippen molar-refractivity contribution < 1.29 is 19.1 Å². The average molecular weight is 495 g/mol. The van der Waals surface area contributed by atoms with Crippen molar-refractivity contribution in [1.29, 1.82) is 0 Å². The molecule has 2 aliphatic heterocycles. The highest BCUT2D eigenvalue weighted by atomic mass is 32.2. The first-order chi connectivity index (χ1) is 15.6. The van der Waals surface area contributed by atoms with Crippen molar-refractivity contribution in [2.45, 2.75) is 34.5 Å². The first-order valence-electron chi connectivity index (χ1n) is 10.7. The third-order valence-electron chi connectivity index (χ3n) is 5.16. The molecule has 1 aromatic heterocycles. The van der Waals surface area contributed by atoms with Crippen molar-refractivity contribution >= 4 is 46.7 Å². The monoisotopic (exact) mass is 494 g/mol. The molecule has 1 aromatic carbocycles. The largest absolute Gasteiger partial charge is 0.485 e. The summed E-state index contributed by atoms with van der Waals surface area (Å²) >= 11 is 4.69. The standard InChI is InChI=1S/C21H26N4O4S3/c1-2-3-12-30-20-22-23-21(32-20)31-14-18(26)24-8-10-25(11-9-24)19(27)17-13-28-15-6-4-5-7-16(15)29-17/h4-7,17H,2-3,8-14H2,1H3. The third kappa shape index (κ3) is 5.87. The van der Waals surface area contributed by atoms with E-state index >= 15 is 0 Å². The van der Waals surface area contributed by atoms with E-state index in [0.717, 1.165) is 27.3 Å². The Bertz CT molecular complexity index is 933. The van der Waals surface area contributed by atoms with Crippen molar-refractivity contribution in [3.63, 3.8) is 0 Å². The lowest BCUT2D eigenvalue weighted by molar-refractivity contribution is -0.145. The molecule has 172 valence electrons. The Balaban J connectivity index is 1.20. The van der Waals surface area contributed by atoms with Crippen LogP contribution in [0, 0.1) is 0 Å². The van der Waals surface area contributed by atoms with Gasteiger partial charge in [0.1, 0.15) is 6.61 Å². The molecule has 2 aromatic rings. The molecular weight excluding hydrogens is 468 g/mol. The molecule has 32 heavy (non-hydrogen) atoms. The van der Waals surface area contributed by atoms with Crippen LogP contribution in [0.2, 0.25) is 0 Å². The fourth-order valence-electron chi connectivity index (χ4n) is 3.35. The van der Waals surface area contributed by atoms with E-state index < -0.39 is 6.10 Å². The molecule has 8 nitrogen and oxygen atoms in total. The maximum absolute atomic E-state index is 12.8. The third-order valence-corrected chi connectivity index (χ3v) is 8.42. The Hall–Kier alpha value is -1.98. The number of nitrogens with zero attached hydrogens (tertiary/aromatic N) is 4. The summed E-state index contributed by atoms with van der Waals surface area (Å²) in [6.07, 6.45) is 1.67. The topological polar surface area (TPSA) is 84.9 Å². The van der Waals surface area contributed by atoms with E-state index in [1.807, 2.05) is 23.1 Å². The van der Waals surface area contributed by atoms with Crippen LogP contribution in [0.15, 0.2) is 32.9 Å². The zero-order chi connectivity index (χ0) is 22.3. The molecule has 1 atom stereocenters. The molecule has 1 fully saturated rings. The maximum Gasteiger partial charge on any atom is 0.267 e. The van der Waals surface area contributed by atoms with Gasteiger partial charge in [0.2, 0.25) is 12.0 Å². The van der Waals surface area contributed by atoms with Gasteiger partial charge >= 0.3 is 0 Å². The first kappa shape index (κ1) is 23.2. The number of benzene rings is 1. The molecule has 0 saturated carbocycles. The minimum Gasteiger partial charge on any atom is -0.485 e. The highest BCUT2D eigenvalue weighted by Gasteiger charge is 2.33. The van der Waals surface area contributed by atoms with Gasteiger partial charge in [-0.05, 0) is 18.6 Å². The smallest absolute Gasteiger partial charge is 0.267 e. The summed E-state index contributed by atoms with van der Waals surface area (Å²) in [5.41, 5.74) is 0. The van der Waals surface area contributed by atoms with E-state index in [0.29, 0.717) is 43.4 Å². The Labute approximate surface area is 200 Å². The number of aromatic nitrogens is 2. The van der Waals surface area contributed by atoms with Gasteiger partial charge in [-0.1, -0.05) is 60.3 Å². The van der Waals surface area contributed by atoms with Gasteiger partial charge in [0, 0.05) is 31.9 Å². The summed E-state index contributed by atoms with van der Waals surface area (Å²) in [6.45, 7) is 4.39. The van der Waals surface area contributed by atoms with Crippen molar-refractivity contribution in [3.05, 3.63) is 24.3 Å². The molecule has 1 unspecified atom stereocenters. The average Bonchev–Trinajstić information content (AvgIpc) is 3.30. The van der Waals surface area contributed by atoms with Crippen LogP contribution in [0.5, 0.6) is 11.5 Å². The maximum atomic E-state index is 12.8. The second-order valence-electron chi connectivity index (χ2n) is 7.39. The van der Waals surface area contributed by atoms with Gasteiger partial charge < -0.3 is 19.3 Å². The number of carbonyl (C=O) groups excluding carboxylic acids is 2. The van der Waals surface area contributed by atoms with E-state index in [-0.39, 0.29) is 18.4 Å². The molecule has 3 heterocycles. The summed E-state index contributed by atoms with van der Waals surface area (Å²) < 4.78 is 13.3. The Morgan fingerprint density at radius 1 is 1.06 bits per heavy atom. The van der Waals surface area contributed by atoms with Crippen LogP contribution in [0.25, 0.3) is 0 Å². The molecule has 0 N–H and O–H groups in total. The number of thioether (sulfide) groups is 2. The summed E-state index contributed by atoms with van der Waals surface area (Å²) in [5, 5.41) is 8.36. The van der Waals surface area contributed by atoms with Gasteiger partial charge in [0.25, 0.3) is 5.91 Å². The number of hydrogen-bond donors (Lipinski definition) is 0. The van der Waals surface area contributed by atoms with E-state index in [2.05, 4.69) is 17.1 Å². The lowest BCUT2D eigenvalue weighted by Gasteiger charge is -2.37. The number of ether oxygens (including phenoxy) is 2. The minimum absolute atomic E-state index is 0.0589. The fraction of sp³-hybridized carbons (Fsp3) is 0.524. The van der Waals surface area contributed by atoms with E-state index in [9.17, 15) is 9.59 Å². The second-order valence-corrected chi connectivity index (χ2v) is 10.9. The zero-order valence-electron chi connectivity index (χ0n) is 17.9. The number of piperazine rings is 1. The van der Waals surface area contributed by atoms with Crippen LogP contribution < -0.4 is 9.47 Å². The number of carbonyl (C=O) groups is 2. The van der Waals surface area contributed by atoms with E-state index in [1.54, 1.807) is 34.1 Å². The van der Waals surface area contributed by atoms with Crippen LogP contribution in [0.4, 0.5) is 0 Å². The zero-order valence-corrected chi connectivity index (χ0v) is 20.3. The molecular formula is C21H26N4O4S3. The Morgan fingerprint density at radius 3 is 2.50 bits per heavy atom. The Morgan fingerprint density at radius 2 is 1.75 bits per heavy atom. The number of unbranched alkanes of at least 4 members (excludes halogenated alkanes) is 1. The van der Waals surface area contributed by atoms with Crippen LogP contribution in [-0.2, 0) is 9.59 Å². The van der Waals surface area contributed by atoms with E-state index in [4.69, 9.17) is 9.47 Å². The number of rotatable bonds is 8. The van der Waals surface area contributed by atoms with E-state index in [1.165, 1.54) is 11.8 Å². The molecule has 11 heteroatoms. The molecule has 2 aliphatic rings. The lowest BCUT2D eigenvalue weighted by Crippen LogP contribution is -2.55. The van der Waals surface area contributed by atoms with Crippen LogP contribution in [0.1, 0.15) is 19.8 Å². The van der Waals surface area contributed by atoms with Gasteiger partial charge in [0.15, 0.2) is 20.2 Å². The van der Waals surface area contributed by atoms with Crippen molar-refractivity contribution in [2.24, 2.45) is 0 Å². The number of para-hydroxylation sites is 2. The molecule has 0 aliphatic carbocycles. The lowest BCUT2D eigenvalue weighted by atomic mass is 10.2.